The third-order valence-corrected chi connectivity index (χ3v) is 0.860. The molecule has 0 bridgehead atoms. The maximum absolute atomic E-state index is 6.76. The summed E-state index contributed by atoms with van der Waals surface area (Å²) in [7, 11) is 0. The van der Waals surface area contributed by atoms with Crippen molar-refractivity contribution in [2.75, 3.05) is 12.3 Å². The minimum absolute atomic E-state index is 0.0571. The fraction of sp³-hybridized carbons (Fsp3) is 0.400. The highest BCUT2D eigenvalue weighted by molar-refractivity contribution is 7.80. The van der Waals surface area contributed by atoms with Crippen LogP contribution in [0.2, 0.25) is 0 Å². The maximum atomic E-state index is 6.76. The van der Waals surface area contributed by atoms with Gasteiger partial charge in [0.05, 0.1) is 0 Å². The van der Waals surface area contributed by atoms with Crippen molar-refractivity contribution < 1.29 is 0 Å². The van der Waals surface area contributed by atoms with E-state index in [0.29, 0.717) is 0 Å². The Balaban J connectivity index is 3.15. The summed E-state index contributed by atoms with van der Waals surface area (Å²) in [5, 5.41) is 9.65. The Hall–Kier alpha value is -0.640. The molecule has 0 aromatic rings. The molecule has 0 unspecified atom stereocenters. The molecule has 9 heavy (non-hydrogen) atoms. The number of hydrogen-bond acceptors (Lipinski definition) is 3. The van der Waals surface area contributed by atoms with E-state index in [9.17, 15) is 0 Å². The first kappa shape index (κ1) is 8.36. The van der Waals surface area contributed by atoms with Gasteiger partial charge in [-0.15, -0.1) is 0 Å². The van der Waals surface area contributed by atoms with Gasteiger partial charge < -0.3 is 11.1 Å². The fourth-order valence-corrected chi connectivity index (χ4v) is 0.426. The molecular weight excluding hydrogens is 134 g/mol. The lowest BCUT2D eigenvalue weighted by molar-refractivity contribution is 0.932. The summed E-state index contributed by atoms with van der Waals surface area (Å²) in [4.78, 5) is 0. The van der Waals surface area contributed by atoms with Crippen LogP contribution in [-0.2, 0) is 0 Å². The van der Waals surface area contributed by atoms with E-state index in [0.717, 1.165) is 12.3 Å². The summed E-state index contributed by atoms with van der Waals surface area (Å²) < 4.78 is 0. The predicted octanol–water partition coefficient (Wildman–Crippen LogP) is -0.0445. The standard InChI is InChI=1S/C5H11N3S/c6-5(7)1-2-8-3-4-9/h1-2,8-9H,3-4H2,(H3,6,7)/b2-1-. The molecule has 0 atom stereocenters. The van der Waals surface area contributed by atoms with Crippen LogP contribution in [0.3, 0.4) is 0 Å². The van der Waals surface area contributed by atoms with Gasteiger partial charge in [-0.3, -0.25) is 5.41 Å². The van der Waals surface area contributed by atoms with Crippen molar-refractivity contribution >= 4 is 18.5 Å². The summed E-state index contributed by atoms with van der Waals surface area (Å²) >= 11 is 3.96. The van der Waals surface area contributed by atoms with Crippen molar-refractivity contribution in [2.24, 2.45) is 5.73 Å². The zero-order valence-electron chi connectivity index (χ0n) is 5.09. The number of nitrogens with two attached hydrogens (primary N) is 1. The first-order chi connectivity index (χ1) is 4.27. The largest absolute Gasteiger partial charge is 0.390 e. The van der Waals surface area contributed by atoms with E-state index >= 15 is 0 Å². The van der Waals surface area contributed by atoms with Crippen LogP contribution < -0.4 is 11.1 Å². The molecule has 3 nitrogen and oxygen atoms in total. The van der Waals surface area contributed by atoms with Gasteiger partial charge in [0.1, 0.15) is 5.84 Å². The average molecular weight is 145 g/mol. The Labute approximate surface area is 60.2 Å². The smallest absolute Gasteiger partial charge is 0.116 e. The van der Waals surface area contributed by atoms with Gasteiger partial charge in [0, 0.05) is 18.5 Å². The molecule has 0 aliphatic carbocycles. The van der Waals surface area contributed by atoms with Crippen LogP contribution in [0, 0.1) is 5.41 Å². The van der Waals surface area contributed by atoms with Crippen molar-refractivity contribution in [1.29, 1.82) is 5.41 Å². The summed E-state index contributed by atoms with van der Waals surface area (Å²) in [6.07, 6.45) is 3.13. The van der Waals surface area contributed by atoms with Gasteiger partial charge in [0.15, 0.2) is 0 Å². The third kappa shape index (κ3) is 7.36. The highest BCUT2D eigenvalue weighted by atomic mass is 32.1. The first-order valence-electron chi connectivity index (χ1n) is 2.62. The van der Waals surface area contributed by atoms with Gasteiger partial charge in [-0.1, -0.05) is 0 Å². The van der Waals surface area contributed by atoms with E-state index in [1.807, 2.05) is 0 Å². The molecular formula is C5H11N3S. The van der Waals surface area contributed by atoms with Crippen molar-refractivity contribution in [3.8, 4) is 0 Å². The molecule has 0 saturated heterocycles. The second-order valence-corrected chi connectivity index (χ2v) is 1.91. The molecule has 0 amide bonds. The molecule has 4 heteroatoms. The third-order valence-electron chi connectivity index (χ3n) is 0.637. The minimum atomic E-state index is 0.0571. The summed E-state index contributed by atoms with van der Waals surface area (Å²) in [6.45, 7) is 0.799. The molecule has 0 aromatic carbocycles. The number of nitrogens with one attached hydrogen (secondary N) is 2. The summed E-state index contributed by atoms with van der Waals surface area (Å²) in [5.41, 5.74) is 5.01. The quantitative estimate of drug-likeness (QED) is 0.194. The number of amidine groups is 1. The summed E-state index contributed by atoms with van der Waals surface area (Å²) in [6, 6.07) is 0. The predicted molar refractivity (Wildman–Crippen MR) is 42.9 cm³/mol. The lowest BCUT2D eigenvalue weighted by atomic mass is 10.5. The van der Waals surface area contributed by atoms with Gasteiger partial charge in [-0.05, 0) is 6.08 Å². The van der Waals surface area contributed by atoms with E-state index in [1.54, 1.807) is 6.20 Å². The van der Waals surface area contributed by atoms with E-state index in [2.05, 4.69) is 17.9 Å². The second kappa shape index (κ2) is 5.50. The first-order valence-corrected chi connectivity index (χ1v) is 3.25. The zero-order valence-corrected chi connectivity index (χ0v) is 5.99. The highest BCUT2D eigenvalue weighted by Gasteiger charge is 1.75. The number of hydrogen-bond donors (Lipinski definition) is 4. The van der Waals surface area contributed by atoms with Crippen molar-refractivity contribution in [3.05, 3.63) is 12.3 Å². The van der Waals surface area contributed by atoms with Gasteiger partial charge in [0.2, 0.25) is 0 Å². The van der Waals surface area contributed by atoms with Crippen LogP contribution >= 0.6 is 12.6 Å². The molecule has 0 aliphatic heterocycles. The monoisotopic (exact) mass is 145 g/mol. The minimum Gasteiger partial charge on any atom is -0.390 e. The number of rotatable bonds is 4. The van der Waals surface area contributed by atoms with Crippen molar-refractivity contribution in [2.45, 2.75) is 0 Å². The van der Waals surface area contributed by atoms with Crippen LogP contribution in [0.15, 0.2) is 12.3 Å². The second-order valence-electron chi connectivity index (χ2n) is 1.47. The molecule has 0 heterocycles. The molecule has 4 N–H and O–H groups in total. The van der Waals surface area contributed by atoms with E-state index < -0.39 is 0 Å². The lowest BCUT2D eigenvalue weighted by Crippen LogP contribution is -2.11. The van der Waals surface area contributed by atoms with Gasteiger partial charge in [0.25, 0.3) is 0 Å². The van der Waals surface area contributed by atoms with E-state index in [1.165, 1.54) is 6.08 Å². The Morgan fingerprint density at radius 1 is 1.78 bits per heavy atom. The molecule has 0 saturated carbocycles. The Morgan fingerprint density at radius 3 is 2.89 bits per heavy atom. The van der Waals surface area contributed by atoms with E-state index in [4.69, 9.17) is 11.1 Å². The fourth-order valence-electron chi connectivity index (χ4n) is 0.297. The molecule has 0 spiro atoms. The summed E-state index contributed by atoms with van der Waals surface area (Å²) in [5.74, 6) is 0.837. The van der Waals surface area contributed by atoms with Gasteiger partial charge >= 0.3 is 0 Å². The Morgan fingerprint density at radius 2 is 2.44 bits per heavy atom. The highest BCUT2D eigenvalue weighted by Crippen LogP contribution is 1.69. The van der Waals surface area contributed by atoms with Crippen LogP contribution in [0.1, 0.15) is 0 Å². The van der Waals surface area contributed by atoms with Crippen LogP contribution in [0.5, 0.6) is 0 Å². The van der Waals surface area contributed by atoms with Crippen LogP contribution in [0.4, 0.5) is 0 Å². The molecule has 0 radical (unpaired) electrons. The molecule has 0 rings (SSSR count). The molecule has 0 aliphatic rings. The van der Waals surface area contributed by atoms with E-state index in [-0.39, 0.29) is 5.84 Å². The number of thiol groups is 1. The molecule has 52 valence electrons. The average Bonchev–Trinajstić information content (AvgIpc) is 1.80. The molecule has 0 fully saturated rings. The van der Waals surface area contributed by atoms with Gasteiger partial charge in [-0.25, -0.2) is 0 Å². The normalized spacial score (nSPS) is 9.89. The SMILES string of the molecule is N=C(N)/C=C\NCCS. The zero-order chi connectivity index (χ0) is 7.11. The van der Waals surface area contributed by atoms with Crippen molar-refractivity contribution in [3.63, 3.8) is 0 Å². The lowest BCUT2D eigenvalue weighted by Gasteiger charge is -1.92. The maximum Gasteiger partial charge on any atom is 0.116 e. The Bertz CT molecular complexity index is 111. The van der Waals surface area contributed by atoms with Crippen LogP contribution in [-0.4, -0.2) is 18.1 Å². The van der Waals surface area contributed by atoms with Crippen LogP contribution in [0.25, 0.3) is 0 Å². The topological polar surface area (TPSA) is 61.9 Å². The molecule has 0 aromatic heterocycles. The van der Waals surface area contributed by atoms with Crippen molar-refractivity contribution in [1.82, 2.24) is 5.32 Å². The van der Waals surface area contributed by atoms with Gasteiger partial charge in [-0.2, -0.15) is 12.6 Å². The Kier molecular flexibility index (Phi) is 5.11.